The summed E-state index contributed by atoms with van der Waals surface area (Å²) in [5.74, 6) is -0.232. The number of hydrogen-bond acceptors (Lipinski definition) is 5. The number of furan rings is 1. The van der Waals surface area contributed by atoms with E-state index >= 15 is 0 Å². The third kappa shape index (κ3) is 2.71. The van der Waals surface area contributed by atoms with Crippen molar-refractivity contribution in [3.63, 3.8) is 0 Å². The Hall–Kier alpha value is -2.87. The zero-order chi connectivity index (χ0) is 16.5. The quantitative estimate of drug-likeness (QED) is 0.636. The van der Waals surface area contributed by atoms with Crippen LogP contribution in [0.5, 0.6) is 0 Å². The Morgan fingerprint density at radius 1 is 1.21 bits per heavy atom. The lowest BCUT2D eigenvalue weighted by molar-refractivity contribution is 0.0846. The van der Waals surface area contributed by atoms with Crippen LogP contribution in [0, 0.1) is 0 Å². The zero-order valence-corrected chi connectivity index (χ0v) is 13.4. The highest BCUT2D eigenvalue weighted by Crippen LogP contribution is 2.30. The van der Waals surface area contributed by atoms with E-state index in [0.717, 1.165) is 19.3 Å². The topological polar surface area (TPSA) is 100 Å². The van der Waals surface area contributed by atoms with Crippen LogP contribution < -0.4 is 10.9 Å². The fourth-order valence-electron chi connectivity index (χ4n) is 2.68. The number of carbonyl (C=O) groups is 2. The molecule has 0 spiro atoms. The molecule has 7 nitrogen and oxygen atoms in total. The Labute approximate surface area is 141 Å². The number of nitrogens with one attached hydrogen (secondary N) is 3. The van der Waals surface area contributed by atoms with Crippen molar-refractivity contribution >= 4 is 23.2 Å². The van der Waals surface area contributed by atoms with Gasteiger partial charge in [0, 0.05) is 10.9 Å². The van der Waals surface area contributed by atoms with Crippen molar-refractivity contribution in [3.8, 4) is 11.5 Å². The summed E-state index contributed by atoms with van der Waals surface area (Å²) in [7, 11) is 0. The van der Waals surface area contributed by atoms with E-state index in [1.165, 1.54) is 28.0 Å². The summed E-state index contributed by atoms with van der Waals surface area (Å²) in [6.45, 7) is 0. The zero-order valence-electron chi connectivity index (χ0n) is 12.6. The number of carbonyl (C=O) groups excluding carboxylic acids is 2. The van der Waals surface area contributed by atoms with Crippen LogP contribution in [0.4, 0.5) is 0 Å². The molecule has 3 heterocycles. The van der Waals surface area contributed by atoms with Gasteiger partial charge >= 0.3 is 0 Å². The number of aryl methyl sites for hydroxylation is 2. The predicted octanol–water partition coefficient (Wildman–Crippen LogP) is 2.29. The Morgan fingerprint density at radius 2 is 2.08 bits per heavy atom. The molecule has 0 saturated heterocycles. The molecule has 24 heavy (non-hydrogen) atoms. The molecule has 0 aliphatic heterocycles. The second-order valence-electron chi connectivity index (χ2n) is 5.47. The molecule has 0 saturated carbocycles. The van der Waals surface area contributed by atoms with Gasteiger partial charge in [-0.3, -0.25) is 25.5 Å². The third-order valence-corrected chi connectivity index (χ3v) is 5.09. The van der Waals surface area contributed by atoms with E-state index in [4.69, 9.17) is 4.42 Å². The van der Waals surface area contributed by atoms with E-state index in [1.807, 2.05) is 6.07 Å². The Bertz CT molecular complexity index is 873. The van der Waals surface area contributed by atoms with Crippen LogP contribution in [0.2, 0.25) is 0 Å². The molecule has 122 valence electrons. The fraction of sp³-hybridized carbons (Fsp3) is 0.188. The summed E-state index contributed by atoms with van der Waals surface area (Å²) in [6, 6.07) is 6.96. The molecule has 2 amide bonds. The van der Waals surface area contributed by atoms with E-state index in [2.05, 4.69) is 21.0 Å². The molecule has 0 bridgehead atoms. The molecule has 3 aromatic rings. The van der Waals surface area contributed by atoms with Gasteiger partial charge in [-0.05, 0) is 43.0 Å². The average Bonchev–Trinajstić information content (AvgIpc) is 3.35. The van der Waals surface area contributed by atoms with Gasteiger partial charge in [0.05, 0.1) is 11.1 Å². The van der Waals surface area contributed by atoms with E-state index in [0.29, 0.717) is 16.3 Å². The highest BCUT2D eigenvalue weighted by atomic mass is 32.1. The molecular weight excluding hydrogens is 328 g/mol. The van der Waals surface area contributed by atoms with Gasteiger partial charge < -0.3 is 4.42 Å². The first-order chi connectivity index (χ1) is 11.7. The SMILES string of the molecule is O=C(NNC(=O)c1cc2c(s1)CCC2)c1cc(-c2ccco2)[nH]n1. The number of nitrogens with zero attached hydrogens (tertiary/aromatic N) is 1. The van der Waals surface area contributed by atoms with Crippen LogP contribution >= 0.6 is 11.3 Å². The first-order valence-electron chi connectivity index (χ1n) is 7.52. The number of amides is 2. The molecule has 0 fully saturated rings. The maximum Gasteiger partial charge on any atom is 0.290 e. The van der Waals surface area contributed by atoms with Crippen LogP contribution in [0.25, 0.3) is 11.5 Å². The lowest BCUT2D eigenvalue weighted by Crippen LogP contribution is -2.41. The lowest BCUT2D eigenvalue weighted by Gasteiger charge is -2.04. The van der Waals surface area contributed by atoms with E-state index in [-0.39, 0.29) is 11.6 Å². The molecule has 1 aliphatic rings. The van der Waals surface area contributed by atoms with Gasteiger partial charge in [0.15, 0.2) is 11.5 Å². The molecule has 3 aromatic heterocycles. The number of aromatic amines is 1. The van der Waals surface area contributed by atoms with Crippen LogP contribution in [-0.4, -0.2) is 22.0 Å². The maximum atomic E-state index is 12.1. The second-order valence-corrected chi connectivity index (χ2v) is 6.60. The summed E-state index contributed by atoms with van der Waals surface area (Å²) in [4.78, 5) is 26.1. The van der Waals surface area contributed by atoms with Crippen LogP contribution in [0.3, 0.4) is 0 Å². The monoisotopic (exact) mass is 342 g/mol. The summed E-state index contributed by atoms with van der Waals surface area (Å²) in [5.41, 5.74) is 6.79. The normalized spacial score (nSPS) is 12.8. The Balaban J connectivity index is 1.38. The molecule has 0 unspecified atom stereocenters. The predicted molar refractivity (Wildman–Crippen MR) is 87.6 cm³/mol. The largest absolute Gasteiger partial charge is 0.463 e. The number of hydrazine groups is 1. The molecule has 0 aromatic carbocycles. The van der Waals surface area contributed by atoms with Crippen LogP contribution in [0.1, 0.15) is 37.0 Å². The molecule has 0 radical (unpaired) electrons. The minimum absolute atomic E-state index is 0.162. The number of aromatic nitrogens is 2. The van der Waals surface area contributed by atoms with Gasteiger partial charge in [0.2, 0.25) is 0 Å². The van der Waals surface area contributed by atoms with Crippen molar-refractivity contribution in [2.45, 2.75) is 19.3 Å². The van der Waals surface area contributed by atoms with Gasteiger partial charge in [0.1, 0.15) is 5.69 Å². The van der Waals surface area contributed by atoms with Crippen molar-refractivity contribution < 1.29 is 14.0 Å². The number of H-pyrrole nitrogens is 1. The highest BCUT2D eigenvalue weighted by molar-refractivity contribution is 7.14. The number of rotatable bonds is 3. The van der Waals surface area contributed by atoms with Gasteiger partial charge in [-0.15, -0.1) is 11.3 Å². The van der Waals surface area contributed by atoms with E-state index < -0.39 is 5.91 Å². The van der Waals surface area contributed by atoms with Crippen molar-refractivity contribution in [2.75, 3.05) is 0 Å². The molecule has 3 N–H and O–H groups in total. The smallest absolute Gasteiger partial charge is 0.290 e. The first-order valence-corrected chi connectivity index (χ1v) is 8.34. The molecule has 1 aliphatic carbocycles. The molecular formula is C16H14N4O3S. The van der Waals surface area contributed by atoms with E-state index in [9.17, 15) is 9.59 Å². The third-order valence-electron chi connectivity index (χ3n) is 3.86. The number of fused-ring (bicyclic) bond motifs is 1. The fourth-order valence-corrected chi connectivity index (χ4v) is 3.83. The van der Waals surface area contributed by atoms with Crippen LogP contribution in [-0.2, 0) is 12.8 Å². The highest BCUT2D eigenvalue weighted by Gasteiger charge is 2.19. The average molecular weight is 342 g/mol. The van der Waals surface area contributed by atoms with Crippen molar-refractivity contribution in [2.24, 2.45) is 0 Å². The Kier molecular flexibility index (Phi) is 3.66. The number of hydrogen-bond donors (Lipinski definition) is 3. The van der Waals surface area contributed by atoms with Gasteiger partial charge in [-0.2, -0.15) is 5.10 Å². The standard InChI is InChI=1S/C16H14N4O3S/c21-15(11-8-10(17-18-11)12-4-2-6-23-12)19-20-16(22)14-7-9-3-1-5-13(9)24-14/h2,4,6-8H,1,3,5H2,(H,17,18)(H,19,21)(H,20,22). The summed E-state index contributed by atoms with van der Waals surface area (Å²) in [6.07, 6.45) is 4.74. The first kappa shape index (κ1) is 14.7. The Morgan fingerprint density at radius 3 is 2.88 bits per heavy atom. The van der Waals surface area contributed by atoms with Crippen LogP contribution in [0.15, 0.2) is 34.9 Å². The second kappa shape index (κ2) is 5.97. The van der Waals surface area contributed by atoms with Crippen molar-refractivity contribution in [3.05, 3.63) is 51.5 Å². The van der Waals surface area contributed by atoms with Gasteiger partial charge in [-0.25, -0.2) is 0 Å². The number of thiophene rings is 1. The summed E-state index contributed by atoms with van der Waals surface area (Å²) < 4.78 is 5.23. The van der Waals surface area contributed by atoms with Gasteiger partial charge in [-0.1, -0.05) is 0 Å². The minimum atomic E-state index is -0.499. The maximum absolute atomic E-state index is 12.1. The van der Waals surface area contributed by atoms with Crippen molar-refractivity contribution in [1.82, 2.24) is 21.0 Å². The lowest BCUT2D eigenvalue weighted by atomic mass is 10.2. The summed E-state index contributed by atoms with van der Waals surface area (Å²) in [5, 5.41) is 6.64. The molecule has 8 heteroatoms. The van der Waals surface area contributed by atoms with Crippen molar-refractivity contribution in [1.29, 1.82) is 0 Å². The van der Waals surface area contributed by atoms with E-state index in [1.54, 1.807) is 18.2 Å². The molecule has 4 rings (SSSR count). The minimum Gasteiger partial charge on any atom is -0.463 e. The summed E-state index contributed by atoms with van der Waals surface area (Å²) >= 11 is 1.48. The molecule has 0 atom stereocenters. The van der Waals surface area contributed by atoms with Gasteiger partial charge in [0.25, 0.3) is 11.8 Å².